The van der Waals surface area contributed by atoms with Crippen molar-refractivity contribution in [3.63, 3.8) is 0 Å². The molecule has 0 aliphatic rings. The summed E-state index contributed by atoms with van der Waals surface area (Å²) in [6.45, 7) is 0. The molecule has 1 amide bonds. The van der Waals surface area contributed by atoms with Crippen molar-refractivity contribution in [3.05, 3.63) is 30.6 Å². The Morgan fingerprint density at radius 1 is 1.33 bits per heavy atom. The Bertz CT molecular complexity index is 593. The first-order valence-corrected chi connectivity index (χ1v) is 5.09. The third-order valence-electron chi connectivity index (χ3n) is 2.36. The van der Waals surface area contributed by atoms with Gasteiger partial charge < -0.3 is 4.74 Å². The van der Waals surface area contributed by atoms with Crippen LogP contribution in [-0.4, -0.2) is 41.0 Å². The minimum atomic E-state index is -0.903. The maximum Gasteiger partial charge on any atom is 0.442 e. The number of rotatable bonds is 1. The first kappa shape index (κ1) is 12.1. The summed E-state index contributed by atoms with van der Waals surface area (Å²) in [5.74, 6) is 0. The van der Waals surface area contributed by atoms with Crippen molar-refractivity contribution in [3.8, 4) is 0 Å². The number of aromatic nitrogens is 2. The highest BCUT2D eigenvalue weighted by atomic mass is 16.7. The fourth-order valence-corrected chi connectivity index (χ4v) is 1.37. The molecule has 0 saturated carbocycles. The van der Waals surface area contributed by atoms with Crippen LogP contribution in [0.15, 0.2) is 30.6 Å². The number of hydrogen-bond donors (Lipinski definition) is 0. The number of imidazole rings is 1. The van der Waals surface area contributed by atoms with Crippen LogP contribution in [0, 0.1) is 0 Å². The Balaban J connectivity index is 2.22. The Kier molecular flexibility index (Phi) is 3.24. The first-order valence-electron chi connectivity index (χ1n) is 5.09. The molecular formula is C11H11N3O4. The molecule has 0 bridgehead atoms. The SMILES string of the molecule is CON(C)C(=O)OC(=O)n1cnc2ccccc21. The fraction of sp³-hybridized carbons (Fsp3) is 0.182. The van der Waals surface area contributed by atoms with Crippen molar-refractivity contribution in [1.82, 2.24) is 14.6 Å². The summed E-state index contributed by atoms with van der Waals surface area (Å²) in [4.78, 5) is 31.7. The van der Waals surface area contributed by atoms with Crippen LogP contribution in [0.3, 0.4) is 0 Å². The van der Waals surface area contributed by atoms with Crippen molar-refractivity contribution < 1.29 is 19.2 Å². The van der Waals surface area contributed by atoms with Gasteiger partial charge in [-0.25, -0.2) is 19.1 Å². The molecule has 0 aliphatic heterocycles. The summed E-state index contributed by atoms with van der Waals surface area (Å²) in [6, 6.07) is 7.02. The zero-order valence-electron chi connectivity index (χ0n) is 9.86. The van der Waals surface area contributed by atoms with Gasteiger partial charge >= 0.3 is 12.2 Å². The second kappa shape index (κ2) is 4.84. The lowest BCUT2D eigenvalue weighted by Gasteiger charge is -2.12. The second-order valence-corrected chi connectivity index (χ2v) is 3.42. The van der Waals surface area contributed by atoms with Gasteiger partial charge in [-0.2, -0.15) is 5.06 Å². The third-order valence-corrected chi connectivity index (χ3v) is 2.36. The molecule has 18 heavy (non-hydrogen) atoms. The number of benzene rings is 1. The lowest BCUT2D eigenvalue weighted by atomic mass is 10.3. The number of hydrogen-bond acceptors (Lipinski definition) is 5. The smallest absolute Gasteiger partial charge is 0.357 e. The lowest BCUT2D eigenvalue weighted by molar-refractivity contribution is -0.0829. The van der Waals surface area contributed by atoms with Crippen LogP contribution in [-0.2, 0) is 9.57 Å². The predicted octanol–water partition coefficient (Wildman–Crippen LogP) is 1.63. The van der Waals surface area contributed by atoms with Crippen molar-refractivity contribution >= 4 is 23.2 Å². The number of nitrogens with zero attached hydrogens (tertiary/aromatic N) is 3. The summed E-state index contributed by atoms with van der Waals surface area (Å²) >= 11 is 0. The topological polar surface area (TPSA) is 73.7 Å². The van der Waals surface area contributed by atoms with Crippen LogP contribution in [0.5, 0.6) is 0 Å². The number of ether oxygens (including phenoxy) is 1. The molecule has 0 aliphatic carbocycles. The molecular weight excluding hydrogens is 238 g/mol. The Hall–Kier alpha value is -2.41. The summed E-state index contributed by atoms with van der Waals surface area (Å²) in [5, 5.41) is 0.803. The zero-order valence-corrected chi connectivity index (χ0v) is 9.86. The standard InChI is InChI=1S/C11H11N3O4/c1-13(17-2)10(15)18-11(16)14-7-12-8-5-3-4-6-9(8)14/h3-7H,1-2H3. The van der Waals surface area contributed by atoms with E-state index in [4.69, 9.17) is 0 Å². The molecule has 0 atom stereocenters. The van der Waals surface area contributed by atoms with E-state index in [0.717, 1.165) is 9.63 Å². The summed E-state index contributed by atoms with van der Waals surface area (Å²) < 4.78 is 5.75. The molecule has 2 aromatic rings. The van der Waals surface area contributed by atoms with Gasteiger partial charge in [0.1, 0.15) is 6.33 Å². The number of amides is 1. The van der Waals surface area contributed by atoms with E-state index in [9.17, 15) is 9.59 Å². The molecule has 1 aromatic heterocycles. The van der Waals surface area contributed by atoms with Crippen molar-refractivity contribution in [2.75, 3.05) is 14.2 Å². The molecule has 1 aromatic carbocycles. The molecule has 2 rings (SSSR count). The van der Waals surface area contributed by atoms with E-state index in [-0.39, 0.29) is 0 Å². The van der Waals surface area contributed by atoms with Crippen LogP contribution in [0.4, 0.5) is 9.59 Å². The van der Waals surface area contributed by atoms with E-state index in [1.54, 1.807) is 24.3 Å². The maximum absolute atomic E-state index is 11.7. The van der Waals surface area contributed by atoms with E-state index < -0.39 is 12.2 Å². The summed E-state index contributed by atoms with van der Waals surface area (Å²) in [6.07, 6.45) is -0.439. The van der Waals surface area contributed by atoms with Gasteiger partial charge in [-0.1, -0.05) is 12.1 Å². The number of carbonyl (C=O) groups excluding carboxylic acids is 2. The van der Waals surface area contributed by atoms with E-state index in [1.807, 2.05) is 0 Å². The van der Waals surface area contributed by atoms with Crippen LogP contribution >= 0.6 is 0 Å². The average Bonchev–Trinajstić information content (AvgIpc) is 2.81. The van der Waals surface area contributed by atoms with Gasteiger partial charge in [0, 0.05) is 7.05 Å². The lowest BCUT2D eigenvalue weighted by Crippen LogP contribution is -2.29. The quantitative estimate of drug-likeness (QED) is 0.567. The number of fused-ring (bicyclic) bond motifs is 1. The summed E-state index contributed by atoms with van der Waals surface area (Å²) in [5.41, 5.74) is 1.21. The molecule has 0 saturated heterocycles. The monoisotopic (exact) mass is 249 g/mol. The van der Waals surface area contributed by atoms with Crippen LogP contribution in [0.25, 0.3) is 11.0 Å². The Labute approximate surface area is 102 Å². The van der Waals surface area contributed by atoms with Gasteiger partial charge in [0.2, 0.25) is 0 Å². The normalized spacial score (nSPS) is 10.3. The van der Waals surface area contributed by atoms with Crippen LogP contribution in [0.2, 0.25) is 0 Å². The second-order valence-electron chi connectivity index (χ2n) is 3.42. The van der Waals surface area contributed by atoms with Crippen molar-refractivity contribution in [1.29, 1.82) is 0 Å². The molecule has 0 spiro atoms. The van der Waals surface area contributed by atoms with Gasteiger partial charge in [-0.05, 0) is 12.1 Å². The predicted molar refractivity (Wildman–Crippen MR) is 61.8 cm³/mol. The number of hydroxylamine groups is 2. The Morgan fingerprint density at radius 2 is 2.06 bits per heavy atom. The highest BCUT2D eigenvalue weighted by Crippen LogP contribution is 2.12. The van der Waals surface area contributed by atoms with E-state index >= 15 is 0 Å². The van der Waals surface area contributed by atoms with Gasteiger partial charge in [0.05, 0.1) is 18.1 Å². The van der Waals surface area contributed by atoms with E-state index in [1.165, 1.54) is 20.5 Å². The number of para-hydroxylation sites is 2. The molecule has 94 valence electrons. The minimum absolute atomic E-state index is 0.565. The van der Waals surface area contributed by atoms with E-state index in [2.05, 4.69) is 14.6 Å². The third kappa shape index (κ3) is 2.16. The van der Waals surface area contributed by atoms with Gasteiger partial charge in [-0.3, -0.25) is 4.84 Å². The van der Waals surface area contributed by atoms with E-state index in [0.29, 0.717) is 11.0 Å². The molecule has 0 radical (unpaired) electrons. The largest absolute Gasteiger partial charge is 0.442 e. The molecule has 1 heterocycles. The average molecular weight is 249 g/mol. The molecule has 0 unspecified atom stereocenters. The number of carbonyl (C=O) groups is 2. The van der Waals surface area contributed by atoms with Gasteiger partial charge in [0.15, 0.2) is 0 Å². The first-order chi connectivity index (χ1) is 8.63. The molecule has 0 fully saturated rings. The zero-order chi connectivity index (χ0) is 13.1. The van der Waals surface area contributed by atoms with Crippen LogP contribution < -0.4 is 0 Å². The summed E-state index contributed by atoms with van der Waals surface area (Å²) in [7, 11) is 2.62. The molecule has 7 nitrogen and oxygen atoms in total. The molecule has 7 heteroatoms. The highest BCUT2D eigenvalue weighted by molar-refractivity contribution is 5.91. The van der Waals surface area contributed by atoms with Gasteiger partial charge in [-0.15, -0.1) is 0 Å². The minimum Gasteiger partial charge on any atom is -0.357 e. The van der Waals surface area contributed by atoms with Crippen LogP contribution in [0.1, 0.15) is 0 Å². The van der Waals surface area contributed by atoms with Gasteiger partial charge in [0.25, 0.3) is 0 Å². The highest BCUT2D eigenvalue weighted by Gasteiger charge is 2.18. The Morgan fingerprint density at radius 3 is 2.78 bits per heavy atom. The maximum atomic E-state index is 11.7. The molecule has 0 N–H and O–H groups in total. The van der Waals surface area contributed by atoms with Crippen molar-refractivity contribution in [2.24, 2.45) is 0 Å². The van der Waals surface area contributed by atoms with Crippen molar-refractivity contribution in [2.45, 2.75) is 0 Å². The fourth-order valence-electron chi connectivity index (χ4n) is 1.37.